The van der Waals surface area contributed by atoms with E-state index in [4.69, 9.17) is 0 Å². The zero-order valence-electron chi connectivity index (χ0n) is 8.71. The quantitative estimate of drug-likeness (QED) is 0.614. The van der Waals surface area contributed by atoms with Crippen LogP contribution in [0.2, 0.25) is 0 Å². The summed E-state index contributed by atoms with van der Waals surface area (Å²) in [6.07, 6.45) is 3.25. The van der Waals surface area contributed by atoms with Crippen molar-refractivity contribution in [2.24, 2.45) is 0 Å². The minimum Gasteiger partial charge on any atom is -0.507 e. The molecule has 0 fully saturated rings. The van der Waals surface area contributed by atoms with Crippen LogP contribution in [-0.4, -0.2) is 5.11 Å². The second-order valence-electron chi connectivity index (χ2n) is 3.29. The van der Waals surface area contributed by atoms with E-state index in [-0.39, 0.29) is 0 Å². The summed E-state index contributed by atoms with van der Waals surface area (Å²) in [5, 5.41) is 11.4. The maximum Gasteiger partial charge on any atom is 0.123 e. The van der Waals surface area contributed by atoms with Crippen LogP contribution >= 0.6 is 0 Å². The molecule has 0 saturated heterocycles. The highest BCUT2D eigenvalue weighted by atomic mass is 16.3. The molecule has 0 saturated carbocycles. The van der Waals surface area contributed by atoms with Crippen LogP contribution in [-0.2, 0) is 0 Å². The highest BCUT2D eigenvalue weighted by Gasteiger charge is 1.94. The van der Waals surface area contributed by atoms with Gasteiger partial charge in [-0.2, -0.15) is 0 Å². The molecule has 3 aromatic rings. The molecule has 0 amide bonds. The topological polar surface area (TPSA) is 33.4 Å². The SMILES string of the molecule is Oc1cccc2ccccc12.c1ccoc1. The minimum atomic E-state index is 0.350. The molecule has 2 nitrogen and oxygen atoms in total. The first kappa shape index (κ1) is 10.3. The molecule has 0 radical (unpaired) electrons. The van der Waals surface area contributed by atoms with Crippen LogP contribution in [0.5, 0.6) is 5.75 Å². The number of phenolic OH excluding ortho intramolecular Hbond substituents is 1. The largest absolute Gasteiger partial charge is 0.507 e. The van der Waals surface area contributed by atoms with E-state index in [1.54, 1.807) is 18.6 Å². The fourth-order valence-electron chi connectivity index (χ4n) is 1.44. The van der Waals surface area contributed by atoms with Crippen LogP contribution in [0.1, 0.15) is 0 Å². The summed E-state index contributed by atoms with van der Waals surface area (Å²) in [5.74, 6) is 0.350. The Morgan fingerprint density at radius 2 is 1.44 bits per heavy atom. The van der Waals surface area contributed by atoms with Crippen molar-refractivity contribution in [3.05, 3.63) is 67.1 Å². The van der Waals surface area contributed by atoms with Crippen molar-refractivity contribution in [3.63, 3.8) is 0 Å². The van der Waals surface area contributed by atoms with E-state index in [0.717, 1.165) is 10.8 Å². The smallest absolute Gasteiger partial charge is 0.123 e. The zero-order valence-corrected chi connectivity index (χ0v) is 8.71. The van der Waals surface area contributed by atoms with E-state index < -0.39 is 0 Å². The van der Waals surface area contributed by atoms with Crippen LogP contribution < -0.4 is 0 Å². The van der Waals surface area contributed by atoms with Gasteiger partial charge in [-0.05, 0) is 23.6 Å². The maximum atomic E-state index is 9.37. The van der Waals surface area contributed by atoms with E-state index in [0.29, 0.717) is 5.75 Å². The van der Waals surface area contributed by atoms with Crippen molar-refractivity contribution >= 4 is 10.8 Å². The van der Waals surface area contributed by atoms with Gasteiger partial charge in [0.15, 0.2) is 0 Å². The van der Waals surface area contributed by atoms with Crippen molar-refractivity contribution in [2.45, 2.75) is 0 Å². The first-order valence-corrected chi connectivity index (χ1v) is 5.02. The highest BCUT2D eigenvalue weighted by Crippen LogP contribution is 2.22. The second kappa shape index (κ2) is 5.03. The Kier molecular flexibility index (Phi) is 3.24. The van der Waals surface area contributed by atoms with Gasteiger partial charge in [-0.15, -0.1) is 0 Å². The molecule has 1 aromatic heterocycles. The molecule has 16 heavy (non-hydrogen) atoms. The first-order chi connectivity index (χ1) is 7.88. The molecule has 1 heterocycles. The van der Waals surface area contributed by atoms with Crippen molar-refractivity contribution in [1.82, 2.24) is 0 Å². The molecule has 0 atom stereocenters. The number of phenols is 1. The summed E-state index contributed by atoms with van der Waals surface area (Å²) in [5.41, 5.74) is 0. The number of rotatable bonds is 0. The normalized spacial score (nSPS) is 9.50. The van der Waals surface area contributed by atoms with Gasteiger partial charge >= 0.3 is 0 Å². The fraction of sp³-hybridized carbons (Fsp3) is 0. The van der Waals surface area contributed by atoms with Crippen molar-refractivity contribution < 1.29 is 9.52 Å². The summed E-state index contributed by atoms with van der Waals surface area (Å²) in [4.78, 5) is 0. The number of aromatic hydroxyl groups is 1. The van der Waals surface area contributed by atoms with Crippen molar-refractivity contribution in [3.8, 4) is 5.75 Å². The Morgan fingerprint density at radius 3 is 2.06 bits per heavy atom. The first-order valence-electron chi connectivity index (χ1n) is 5.02. The summed E-state index contributed by atoms with van der Waals surface area (Å²) in [6.45, 7) is 0. The lowest BCUT2D eigenvalue weighted by atomic mass is 10.1. The molecule has 0 spiro atoms. The van der Waals surface area contributed by atoms with Crippen LogP contribution in [0.25, 0.3) is 10.8 Å². The lowest BCUT2D eigenvalue weighted by molar-refractivity contribution is 0.481. The summed E-state index contributed by atoms with van der Waals surface area (Å²) < 4.78 is 4.58. The minimum absolute atomic E-state index is 0.350. The van der Waals surface area contributed by atoms with E-state index >= 15 is 0 Å². The average molecular weight is 212 g/mol. The third-order valence-corrected chi connectivity index (χ3v) is 2.19. The summed E-state index contributed by atoms with van der Waals surface area (Å²) >= 11 is 0. The number of furan rings is 1. The molecule has 3 rings (SSSR count). The van der Waals surface area contributed by atoms with Crippen molar-refractivity contribution in [2.75, 3.05) is 0 Å². The molecule has 0 bridgehead atoms. The van der Waals surface area contributed by atoms with E-state index in [9.17, 15) is 5.11 Å². The predicted octanol–water partition coefficient (Wildman–Crippen LogP) is 3.83. The van der Waals surface area contributed by atoms with Crippen LogP contribution in [0.15, 0.2) is 71.5 Å². The maximum absolute atomic E-state index is 9.37. The Bertz CT molecular complexity index is 519. The summed E-state index contributed by atoms with van der Waals surface area (Å²) in [6, 6.07) is 17.0. The molecular weight excluding hydrogens is 200 g/mol. The van der Waals surface area contributed by atoms with Gasteiger partial charge in [0.1, 0.15) is 5.75 Å². The molecule has 0 aliphatic carbocycles. The number of fused-ring (bicyclic) bond motifs is 1. The lowest BCUT2D eigenvalue weighted by Gasteiger charge is -1.97. The van der Waals surface area contributed by atoms with E-state index in [1.807, 2.05) is 48.5 Å². The van der Waals surface area contributed by atoms with Crippen molar-refractivity contribution in [1.29, 1.82) is 0 Å². The molecule has 2 heteroatoms. The monoisotopic (exact) mass is 212 g/mol. The molecule has 0 aliphatic rings. The summed E-state index contributed by atoms with van der Waals surface area (Å²) in [7, 11) is 0. The Hall–Kier alpha value is -2.22. The fourth-order valence-corrected chi connectivity index (χ4v) is 1.44. The average Bonchev–Trinajstić information content (AvgIpc) is 2.88. The van der Waals surface area contributed by atoms with Crippen LogP contribution in [0, 0.1) is 0 Å². The molecule has 1 N–H and O–H groups in total. The van der Waals surface area contributed by atoms with Gasteiger partial charge in [0, 0.05) is 5.39 Å². The molecule has 2 aromatic carbocycles. The van der Waals surface area contributed by atoms with Gasteiger partial charge in [0.05, 0.1) is 12.5 Å². The van der Waals surface area contributed by atoms with Gasteiger partial charge < -0.3 is 9.52 Å². The van der Waals surface area contributed by atoms with E-state index in [2.05, 4.69) is 4.42 Å². The van der Waals surface area contributed by atoms with Gasteiger partial charge in [-0.25, -0.2) is 0 Å². The van der Waals surface area contributed by atoms with Gasteiger partial charge in [-0.3, -0.25) is 0 Å². The molecule has 0 aliphatic heterocycles. The Balaban J connectivity index is 0.000000162. The van der Waals surface area contributed by atoms with Crippen LogP contribution in [0.3, 0.4) is 0 Å². The standard InChI is InChI=1S/C10H8O.C4H4O/c11-10-7-3-5-8-4-1-2-6-9(8)10;1-2-4-5-3-1/h1-7,11H;1-4H. The van der Waals surface area contributed by atoms with E-state index in [1.165, 1.54) is 0 Å². The lowest BCUT2D eigenvalue weighted by Crippen LogP contribution is -1.70. The van der Waals surface area contributed by atoms with Crippen LogP contribution in [0.4, 0.5) is 0 Å². The second-order valence-corrected chi connectivity index (χ2v) is 3.29. The Labute approximate surface area is 93.8 Å². The zero-order chi connectivity index (χ0) is 11.2. The molecule has 0 unspecified atom stereocenters. The third kappa shape index (κ3) is 2.42. The third-order valence-electron chi connectivity index (χ3n) is 2.19. The predicted molar refractivity (Wildman–Crippen MR) is 64.3 cm³/mol. The van der Waals surface area contributed by atoms with Gasteiger partial charge in [0.2, 0.25) is 0 Å². The number of hydrogen-bond donors (Lipinski definition) is 1. The molecular formula is C14H12O2. The van der Waals surface area contributed by atoms with Gasteiger partial charge in [-0.1, -0.05) is 36.4 Å². The number of hydrogen-bond acceptors (Lipinski definition) is 2. The molecule has 80 valence electrons. The van der Waals surface area contributed by atoms with Gasteiger partial charge in [0.25, 0.3) is 0 Å². The number of benzene rings is 2. The highest BCUT2D eigenvalue weighted by molar-refractivity contribution is 5.87. The Morgan fingerprint density at radius 1 is 0.750 bits per heavy atom.